The van der Waals surface area contributed by atoms with Crippen molar-refractivity contribution in [2.45, 2.75) is 0 Å². The summed E-state index contributed by atoms with van der Waals surface area (Å²) in [7, 11) is 0. The van der Waals surface area contributed by atoms with Crippen LogP contribution in [0.25, 0.3) is 93.6 Å². The Balaban J connectivity index is 1.15. The van der Waals surface area contributed by atoms with Crippen molar-refractivity contribution in [2.75, 3.05) is 0 Å². The Kier molecular flexibility index (Phi) is 6.28. The molecule has 0 fully saturated rings. The van der Waals surface area contributed by atoms with Gasteiger partial charge < -0.3 is 13.7 Å². The topological polar surface area (TPSA) is 38.6 Å². The molecule has 0 saturated heterocycles. The summed E-state index contributed by atoms with van der Waals surface area (Å²) >= 11 is 0. The molecule has 11 rings (SSSR count). The molecule has 0 atom stereocenters. The molecule has 4 heteroatoms. The van der Waals surface area contributed by atoms with Gasteiger partial charge in [0.15, 0.2) is 0 Å². The minimum Gasteiger partial charge on any atom is -0.309 e. The van der Waals surface area contributed by atoms with Crippen LogP contribution in [0.15, 0.2) is 182 Å². The molecule has 4 nitrogen and oxygen atoms in total. The van der Waals surface area contributed by atoms with Gasteiger partial charge in [-0.15, -0.1) is 0 Å². The first-order valence-electron chi connectivity index (χ1n) is 17.9. The number of fused-ring (bicyclic) bond motifs is 9. The van der Waals surface area contributed by atoms with Crippen LogP contribution < -0.4 is 0 Å². The van der Waals surface area contributed by atoms with Crippen molar-refractivity contribution < 1.29 is 0 Å². The first-order valence-corrected chi connectivity index (χ1v) is 17.9. The van der Waals surface area contributed by atoms with E-state index in [0.717, 1.165) is 55.5 Å². The van der Waals surface area contributed by atoms with Crippen LogP contribution >= 0.6 is 0 Å². The molecule has 246 valence electrons. The third-order valence-electron chi connectivity index (χ3n) is 10.9. The van der Waals surface area contributed by atoms with Crippen molar-refractivity contribution in [3.8, 4) is 34.3 Å². The summed E-state index contributed by atoms with van der Waals surface area (Å²) in [6.07, 6.45) is 0. The summed E-state index contributed by atoms with van der Waals surface area (Å²) in [6, 6.07) is 67.1. The predicted octanol–water partition coefficient (Wildman–Crippen LogP) is 12.5. The van der Waals surface area contributed by atoms with E-state index in [-0.39, 0.29) is 0 Å². The molecule has 0 radical (unpaired) electrons. The number of benzene rings is 8. The molecule has 11 aromatic rings. The maximum atomic E-state index is 10.6. The fraction of sp³-hybridized carbons (Fsp3) is 0. The number of nitrogens with zero attached hydrogens (tertiary/aromatic N) is 4. The second kappa shape index (κ2) is 11.3. The fourth-order valence-electron chi connectivity index (χ4n) is 8.62. The Morgan fingerprint density at radius 3 is 1.32 bits per heavy atom. The molecule has 0 bridgehead atoms. The van der Waals surface area contributed by atoms with Crippen molar-refractivity contribution in [1.29, 1.82) is 5.26 Å². The highest BCUT2D eigenvalue weighted by Gasteiger charge is 2.22. The lowest BCUT2D eigenvalue weighted by Gasteiger charge is -2.18. The summed E-state index contributed by atoms with van der Waals surface area (Å²) in [5.41, 5.74) is 12.7. The molecule has 3 aromatic heterocycles. The lowest BCUT2D eigenvalue weighted by atomic mass is 10.0. The van der Waals surface area contributed by atoms with E-state index in [1.807, 2.05) is 12.1 Å². The summed E-state index contributed by atoms with van der Waals surface area (Å²) in [5.74, 6) is 0. The van der Waals surface area contributed by atoms with E-state index in [1.54, 1.807) is 0 Å². The number of rotatable bonds is 4. The molecule has 3 heterocycles. The molecule has 0 spiro atoms. The fourth-order valence-corrected chi connectivity index (χ4v) is 8.62. The van der Waals surface area contributed by atoms with Crippen LogP contribution in [0, 0.1) is 11.3 Å². The van der Waals surface area contributed by atoms with Crippen LogP contribution in [0.5, 0.6) is 0 Å². The predicted molar refractivity (Wildman–Crippen MR) is 220 cm³/mol. The normalized spacial score (nSPS) is 11.8. The molecule has 53 heavy (non-hydrogen) atoms. The smallest absolute Gasteiger partial charge is 0.101 e. The highest BCUT2D eigenvalue weighted by atomic mass is 15.1. The van der Waals surface area contributed by atoms with Gasteiger partial charge in [0.1, 0.15) is 6.07 Å². The highest BCUT2D eigenvalue weighted by molar-refractivity contribution is 6.14. The Hall–Kier alpha value is -7.35. The largest absolute Gasteiger partial charge is 0.309 e. The van der Waals surface area contributed by atoms with Gasteiger partial charge in [-0.2, -0.15) is 5.26 Å². The Morgan fingerprint density at radius 1 is 0.340 bits per heavy atom. The van der Waals surface area contributed by atoms with Crippen molar-refractivity contribution in [3.63, 3.8) is 0 Å². The van der Waals surface area contributed by atoms with E-state index in [4.69, 9.17) is 0 Å². The number of para-hydroxylation sites is 6. The van der Waals surface area contributed by atoms with Crippen LogP contribution in [0.2, 0.25) is 0 Å². The maximum Gasteiger partial charge on any atom is 0.101 e. The molecule has 0 aliphatic rings. The number of aromatic nitrogens is 3. The third kappa shape index (κ3) is 4.22. The van der Waals surface area contributed by atoms with Gasteiger partial charge in [-0.1, -0.05) is 109 Å². The number of nitriles is 1. The summed E-state index contributed by atoms with van der Waals surface area (Å²) < 4.78 is 6.97. The van der Waals surface area contributed by atoms with Gasteiger partial charge in [0.2, 0.25) is 0 Å². The Labute approximate surface area is 305 Å². The zero-order valence-corrected chi connectivity index (χ0v) is 28.6. The maximum absolute atomic E-state index is 10.6. The Bertz CT molecular complexity index is 3240. The molecular weight excluding hydrogens is 645 g/mol. The lowest BCUT2D eigenvalue weighted by molar-refractivity contribution is 1.09. The van der Waals surface area contributed by atoms with Gasteiger partial charge in [0.25, 0.3) is 0 Å². The van der Waals surface area contributed by atoms with Gasteiger partial charge in [-0.05, 0) is 83.9 Å². The number of hydrogen-bond donors (Lipinski definition) is 0. The van der Waals surface area contributed by atoms with E-state index in [1.165, 1.54) is 38.1 Å². The van der Waals surface area contributed by atoms with Crippen molar-refractivity contribution in [2.24, 2.45) is 0 Å². The van der Waals surface area contributed by atoms with E-state index >= 15 is 0 Å². The molecule has 0 N–H and O–H groups in total. The SMILES string of the molecule is N#Cc1cccc(-n2c3ccccc3c3cc(-c4ccc5c(c4)c4ccccc4n5-c4ccccc4)ccc32)c1-n1c2ccccc2c2ccccc21. The standard InChI is InChI=1S/C49H30N4/c50-31-34-13-12-24-48(49(34)53-44-22-10-4-16-36(44)37-17-5-11-23-45(37)53)52-43-21-9-7-19-39(43)41-30-33(26-28-47(41)52)32-25-27-46-40(29-32)38-18-6-8-20-42(38)51(46)35-14-2-1-3-15-35/h1-30H. The summed E-state index contributed by atoms with van der Waals surface area (Å²) in [4.78, 5) is 0. The summed E-state index contributed by atoms with van der Waals surface area (Å²) in [6.45, 7) is 0. The van der Waals surface area contributed by atoms with Crippen LogP contribution in [0.3, 0.4) is 0 Å². The molecule has 0 saturated carbocycles. The quantitative estimate of drug-likeness (QED) is 0.183. The molecule has 0 amide bonds. The van der Waals surface area contributed by atoms with Crippen molar-refractivity contribution >= 4 is 65.4 Å². The van der Waals surface area contributed by atoms with Crippen LogP contribution in [-0.4, -0.2) is 13.7 Å². The van der Waals surface area contributed by atoms with Gasteiger partial charge in [-0.25, -0.2) is 0 Å². The second-order valence-electron chi connectivity index (χ2n) is 13.7. The minimum absolute atomic E-state index is 0.625. The first-order chi connectivity index (χ1) is 26.3. The Morgan fingerprint density at radius 2 is 0.774 bits per heavy atom. The molecule has 8 aromatic carbocycles. The van der Waals surface area contributed by atoms with Crippen LogP contribution in [0.4, 0.5) is 0 Å². The monoisotopic (exact) mass is 674 g/mol. The highest BCUT2D eigenvalue weighted by Crippen LogP contribution is 2.41. The van der Waals surface area contributed by atoms with Gasteiger partial charge in [0, 0.05) is 38.0 Å². The summed E-state index contributed by atoms with van der Waals surface area (Å²) in [5, 5.41) is 17.7. The molecule has 0 aliphatic heterocycles. The van der Waals surface area contributed by atoms with Crippen molar-refractivity contribution in [1.82, 2.24) is 13.7 Å². The van der Waals surface area contributed by atoms with Crippen LogP contribution in [-0.2, 0) is 0 Å². The van der Waals surface area contributed by atoms with Crippen LogP contribution in [0.1, 0.15) is 5.56 Å². The average Bonchev–Trinajstić information content (AvgIpc) is 3.86. The van der Waals surface area contributed by atoms with Gasteiger partial charge >= 0.3 is 0 Å². The van der Waals surface area contributed by atoms with E-state index in [9.17, 15) is 5.26 Å². The zero-order chi connectivity index (χ0) is 35.0. The molecular formula is C49H30N4. The number of hydrogen-bond acceptors (Lipinski definition) is 1. The van der Waals surface area contributed by atoms with E-state index in [0.29, 0.717) is 5.56 Å². The first kappa shape index (κ1) is 29.4. The van der Waals surface area contributed by atoms with Gasteiger partial charge in [0.05, 0.1) is 50.0 Å². The molecule has 0 unspecified atom stereocenters. The third-order valence-corrected chi connectivity index (χ3v) is 10.9. The van der Waals surface area contributed by atoms with E-state index < -0.39 is 0 Å². The van der Waals surface area contributed by atoms with E-state index in [2.05, 4.69) is 190 Å². The average molecular weight is 675 g/mol. The van der Waals surface area contributed by atoms with Gasteiger partial charge in [-0.3, -0.25) is 0 Å². The molecule has 0 aliphatic carbocycles. The second-order valence-corrected chi connectivity index (χ2v) is 13.7. The zero-order valence-electron chi connectivity index (χ0n) is 28.6. The van der Waals surface area contributed by atoms with Crippen molar-refractivity contribution in [3.05, 3.63) is 188 Å². The minimum atomic E-state index is 0.625. The lowest BCUT2D eigenvalue weighted by Crippen LogP contribution is -2.05.